The third-order valence-electron chi connectivity index (χ3n) is 5.50. The Balaban J connectivity index is 1.70. The lowest BCUT2D eigenvalue weighted by molar-refractivity contribution is -0.155. The lowest BCUT2D eigenvalue weighted by Gasteiger charge is -2.28. The first-order chi connectivity index (χ1) is 16.0. The molecule has 0 aromatic heterocycles. The summed E-state index contributed by atoms with van der Waals surface area (Å²) in [5.74, 6) is -0.0807. The molecule has 2 amide bonds. The maximum Gasteiger partial charge on any atom is 0.407 e. The normalized spacial score (nSPS) is 16.1. The van der Waals surface area contributed by atoms with E-state index in [1.807, 2.05) is 42.5 Å². The van der Waals surface area contributed by atoms with E-state index in [1.54, 1.807) is 26.2 Å². The first kappa shape index (κ1) is 24.1. The maximum atomic E-state index is 13.4. The summed E-state index contributed by atoms with van der Waals surface area (Å²) < 4.78 is 15.6. The van der Waals surface area contributed by atoms with Crippen molar-refractivity contribution < 1.29 is 28.6 Å². The number of alkyl carbamates (subject to hydrolysis) is 1. The SMILES string of the molecule is CCOC(=O)N[C@H](Cc1ccc(OC)cc1)C(=O)N1CCCC1C(=O)OCc1ccccc1. The van der Waals surface area contributed by atoms with E-state index < -0.39 is 24.1 Å². The van der Waals surface area contributed by atoms with Gasteiger partial charge in [0, 0.05) is 13.0 Å². The molecule has 176 valence electrons. The quantitative estimate of drug-likeness (QED) is 0.585. The lowest BCUT2D eigenvalue weighted by Crippen LogP contribution is -2.52. The second kappa shape index (κ2) is 11.9. The van der Waals surface area contributed by atoms with Crippen LogP contribution in [0, 0.1) is 0 Å². The number of rotatable bonds is 9. The standard InChI is InChI=1S/C25H30N2O6/c1-3-32-25(30)26-21(16-18-11-13-20(31-2)14-12-18)23(28)27-15-7-10-22(27)24(29)33-17-19-8-5-4-6-9-19/h4-6,8-9,11-14,21-22H,3,7,10,15-17H2,1-2H3,(H,26,30)/t21-,22?/m1/s1. The fourth-order valence-electron chi connectivity index (χ4n) is 3.81. The molecule has 0 saturated carbocycles. The van der Waals surface area contributed by atoms with Crippen LogP contribution >= 0.6 is 0 Å². The van der Waals surface area contributed by atoms with Gasteiger partial charge in [-0.3, -0.25) is 4.79 Å². The summed E-state index contributed by atoms with van der Waals surface area (Å²) in [5, 5.41) is 2.65. The summed E-state index contributed by atoms with van der Waals surface area (Å²) in [6, 6.07) is 15.1. The Morgan fingerprint density at radius 3 is 2.42 bits per heavy atom. The third-order valence-corrected chi connectivity index (χ3v) is 5.50. The van der Waals surface area contributed by atoms with Crippen molar-refractivity contribution in [3.63, 3.8) is 0 Å². The van der Waals surface area contributed by atoms with Gasteiger partial charge in [-0.1, -0.05) is 42.5 Å². The smallest absolute Gasteiger partial charge is 0.407 e. The molecule has 1 fully saturated rings. The van der Waals surface area contributed by atoms with Gasteiger partial charge < -0.3 is 24.4 Å². The maximum absolute atomic E-state index is 13.4. The van der Waals surface area contributed by atoms with Crippen LogP contribution in [0.1, 0.15) is 30.9 Å². The number of likely N-dealkylation sites (tertiary alicyclic amines) is 1. The third kappa shape index (κ3) is 6.71. The minimum Gasteiger partial charge on any atom is -0.497 e. The highest BCUT2D eigenvalue weighted by molar-refractivity contribution is 5.90. The molecule has 1 unspecified atom stereocenters. The molecule has 0 radical (unpaired) electrons. The highest BCUT2D eigenvalue weighted by atomic mass is 16.5. The fraction of sp³-hybridized carbons (Fsp3) is 0.400. The van der Waals surface area contributed by atoms with Crippen molar-refractivity contribution >= 4 is 18.0 Å². The van der Waals surface area contributed by atoms with E-state index in [0.29, 0.717) is 25.1 Å². The second-order valence-corrected chi connectivity index (χ2v) is 7.75. The zero-order valence-electron chi connectivity index (χ0n) is 19.0. The predicted molar refractivity (Wildman–Crippen MR) is 122 cm³/mol. The van der Waals surface area contributed by atoms with Gasteiger partial charge in [-0.15, -0.1) is 0 Å². The number of carbonyl (C=O) groups excluding carboxylic acids is 3. The van der Waals surface area contributed by atoms with E-state index in [-0.39, 0.29) is 25.5 Å². The van der Waals surface area contributed by atoms with Gasteiger partial charge in [0.05, 0.1) is 13.7 Å². The summed E-state index contributed by atoms with van der Waals surface area (Å²) in [6.45, 7) is 2.45. The van der Waals surface area contributed by atoms with Gasteiger partial charge in [0.1, 0.15) is 24.4 Å². The van der Waals surface area contributed by atoms with E-state index in [4.69, 9.17) is 14.2 Å². The van der Waals surface area contributed by atoms with Gasteiger partial charge in [0.25, 0.3) is 0 Å². The van der Waals surface area contributed by atoms with Crippen LogP contribution in [0.4, 0.5) is 4.79 Å². The van der Waals surface area contributed by atoms with Crippen LogP contribution < -0.4 is 10.1 Å². The van der Waals surface area contributed by atoms with Crippen LogP contribution in [0.15, 0.2) is 54.6 Å². The Labute approximate surface area is 193 Å². The first-order valence-corrected chi connectivity index (χ1v) is 11.1. The Kier molecular flexibility index (Phi) is 8.69. The zero-order chi connectivity index (χ0) is 23.6. The van der Waals surface area contributed by atoms with Crippen molar-refractivity contribution in [1.82, 2.24) is 10.2 Å². The summed E-state index contributed by atoms with van der Waals surface area (Å²) in [7, 11) is 1.58. The number of methoxy groups -OCH3 is 1. The molecule has 0 aliphatic carbocycles. The molecule has 0 bridgehead atoms. The van der Waals surface area contributed by atoms with E-state index in [0.717, 1.165) is 11.1 Å². The number of nitrogens with zero attached hydrogens (tertiary/aromatic N) is 1. The second-order valence-electron chi connectivity index (χ2n) is 7.75. The number of hydrogen-bond acceptors (Lipinski definition) is 6. The Hall–Kier alpha value is -3.55. The van der Waals surface area contributed by atoms with Crippen molar-refractivity contribution in [2.75, 3.05) is 20.3 Å². The molecule has 0 spiro atoms. The van der Waals surface area contributed by atoms with E-state index in [9.17, 15) is 14.4 Å². The average molecular weight is 455 g/mol. The van der Waals surface area contributed by atoms with Crippen molar-refractivity contribution in [3.8, 4) is 5.75 Å². The molecule has 3 rings (SSSR count). The molecule has 2 aromatic rings. The summed E-state index contributed by atoms with van der Waals surface area (Å²) in [6.07, 6.45) is 0.787. The summed E-state index contributed by atoms with van der Waals surface area (Å²) >= 11 is 0. The largest absolute Gasteiger partial charge is 0.497 e. The van der Waals surface area contributed by atoms with Crippen LogP contribution in [0.25, 0.3) is 0 Å². The first-order valence-electron chi connectivity index (χ1n) is 11.1. The molecule has 2 atom stereocenters. The van der Waals surface area contributed by atoms with Crippen molar-refractivity contribution in [1.29, 1.82) is 0 Å². The van der Waals surface area contributed by atoms with Crippen molar-refractivity contribution in [3.05, 3.63) is 65.7 Å². The van der Waals surface area contributed by atoms with E-state index >= 15 is 0 Å². The number of nitrogens with one attached hydrogen (secondary N) is 1. The Bertz CT molecular complexity index is 932. The van der Waals surface area contributed by atoms with Crippen LogP contribution in [0.3, 0.4) is 0 Å². The number of hydrogen-bond donors (Lipinski definition) is 1. The minimum atomic E-state index is -0.875. The fourth-order valence-corrected chi connectivity index (χ4v) is 3.81. The molecule has 1 aliphatic rings. The number of benzene rings is 2. The minimum absolute atomic E-state index is 0.147. The van der Waals surface area contributed by atoms with Gasteiger partial charge in [-0.2, -0.15) is 0 Å². The van der Waals surface area contributed by atoms with E-state index in [1.165, 1.54) is 4.90 Å². The van der Waals surface area contributed by atoms with Gasteiger partial charge >= 0.3 is 12.1 Å². The molecular formula is C25H30N2O6. The van der Waals surface area contributed by atoms with Gasteiger partial charge in [-0.05, 0) is 43.0 Å². The molecule has 8 heteroatoms. The molecule has 8 nitrogen and oxygen atoms in total. The molecule has 2 aromatic carbocycles. The molecule has 1 N–H and O–H groups in total. The number of esters is 1. The monoisotopic (exact) mass is 454 g/mol. The molecule has 33 heavy (non-hydrogen) atoms. The van der Waals surface area contributed by atoms with Gasteiger partial charge in [0.2, 0.25) is 5.91 Å². The number of ether oxygens (including phenoxy) is 3. The van der Waals surface area contributed by atoms with Gasteiger partial charge in [0.15, 0.2) is 0 Å². The Morgan fingerprint density at radius 2 is 1.76 bits per heavy atom. The lowest BCUT2D eigenvalue weighted by atomic mass is 10.0. The van der Waals surface area contributed by atoms with Crippen molar-refractivity contribution in [2.45, 2.75) is 44.9 Å². The van der Waals surface area contributed by atoms with Crippen LogP contribution in [0.2, 0.25) is 0 Å². The van der Waals surface area contributed by atoms with Crippen LogP contribution in [-0.4, -0.2) is 55.2 Å². The van der Waals surface area contributed by atoms with Gasteiger partial charge in [-0.25, -0.2) is 9.59 Å². The predicted octanol–water partition coefficient (Wildman–Crippen LogP) is 3.09. The van der Waals surface area contributed by atoms with Crippen molar-refractivity contribution in [2.24, 2.45) is 0 Å². The molecule has 1 aliphatic heterocycles. The topological polar surface area (TPSA) is 94.2 Å². The molecular weight excluding hydrogens is 424 g/mol. The summed E-state index contributed by atoms with van der Waals surface area (Å²) in [5.41, 5.74) is 1.72. The molecule has 1 saturated heterocycles. The zero-order valence-corrected chi connectivity index (χ0v) is 19.0. The summed E-state index contributed by atoms with van der Waals surface area (Å²) in [4.78, 5) is 39.8. The average Bonchev–Trinajstić information content (AvgIpc) is 3.33. The van der Waals surface area contributed by atoms with Crippen LogP contribution in [0.5, 0.6) is 5.75 Å². The Morgan fingerprint density at radius 1 is 1.03 bits per heavy atom. The molecule has 1 heterocycles. The highest BCUT2D eigenvalue weighted by Gasteiger charge is 2.38. The highest BCUT2D eigenvalue weighted by Crippen LogP contribution is 2.22. The number of amides is 2. The number of carbonyl (C=O) groups is 3. The van der Waals surface area contributed by atoms with Crippen LogP contribution in [-0.2, 0) is 32.1 Å². The van der Waals surface area contributed by atoms with E-state index in [2.05, 4.69) is 5.32 Å².